The van der Waals surface area contributed by atoms with Gasteiger partial charge >= 0.3 is 5.97 Å². The lowest BCUT2D eigenvalue weighted by Crippen LogP contribution is -1.98. The molecular formula is C15H13FO2S. The number of halogens is 1. The number of thioether (sulfide) groups is 1. The number of rotatable bonds is 4. The Morgan fingerprint density at radius 2 is 2.00 bits per heavy atom. The van der Waals surface area contributed by atoms with Gasteiger partial charge in [0.25, 0.3) is 0 Å². The van der Waals surface area contributed by atoms with E-state index in [0.29, 0.717) is 11.3 Å². The summed E-state index contributed by atoms with van der Waals surface area (Å²) in [6, 6.07) is 11.5. The van der Waals surface area contributed by atoms with Gasteiger partial charge in [-0.25, -0.2) is 9.18 Å². The van der Waals surface area contributed by atoms with Crippen LogP contribution in [0.5, 0.6) is 0 Å². The van der Waals surface area contributed by atoms with Gasteiger partial charge in [-0.05, 0) is 42.3 Å². The molecule has 0 radical (unpaired) electrons. The van der Waals surface area contributed by atoms with Gasteiger partial charge in [0.1, 0.15) is 5.82 Å². The second-order valence-corrected chi connectivity index (χ2v) is 5.18. The quantitative estimate of drug-likeness (QED) is 0.853. The zero-order valence-electron chi connectivity index (χ0n) is 10.4. The molecule has 0 aliphatic carbocycles. The number of aryl methyl sites for hydroxylation is 1. The smallest absolute Gasteiger partial charge is 0.336 e. The molecule has 0 fully saturated rings. The number of carboxylic acids is 1. The average Bonchev–Trinajstić information content (AvgIpc) is 2.38. The molecule has 98 valence electrons. The molecule has 0 aliphatic heterocycles. The van der Waals surface area contributed by atoms with Crippen molar-refractivity contribution < 1.29 is 14.3 Å². The van der Waals surface area contributed by atoms with Crippen LogP contribution in [0.25, 0.3) is 0 Å². The summed E-state index contributed by atoms with van der Waals surface area (Å²) in [4.78, 5) is 11.8. The standard InChI is InChI=1S/C15H13FO2S/c1-10-8-12(16)7-6-11(10)9-19-14-5-3-2-4-13(14)15(17)18/h2-8H,9H2,1H3,(H,17,18). The van der Waals surface area contributed by atoms with Crippen LogP contribution in [0, 0.1) is 12.7 Å². The topological polar surface area (TPSA) is 37.3 Å². The molecule has 0 heterocycles. The largest absolute Gasteiger partial charge is 0.478 e. The summed E-state index contributed by atoms with van der Waals surface area (Å²) in [5.74, 6) is -0.563. The second-order valence-electron chi connectivity index (χ2n) is 4.16. The molecule has 4 heteroatoms. The summed E-state index contributed by atoms with van der Waals surface area (Å²) in [5.41, 5.74) is 2.18. The van der Waals surface area contributed by atoms with Gasteiger partial charge < -0.3 is 5.11 Å². The number of carbonyl (C=O) groups is 1. The summed E-state index contributed by atoms with van der Waals surface area (Å²) in [6.45, 7) is 1.85. The molecule has 1 N–H and O–H groups in total. The van der Waals surface area contributed by atoms with Gasteiger partial charge in [0.2, 0.25) is 0 Å². The molecule has 0 atom stereocenters. The highest BCUT2D eigenvalue weighted by molar-refractivity contribution is 7.98. The van der Waals surface area contributed by atoms with Crippen LogP contribution in [0.15, 0.2) is 47.4 Å². The number of benzene rings is 2. The fourth-order valence-electron chi connectivity index (χ4n) is 1.75. The summed E-state index contributed by atoms with van der Waals surface area (Å²) in [6.07, 6.45) is 0. The van der Waals surface area contributed by atoms with Gasteiger partial charge in [-0.2, -0.15) is 0 Å². The molecule has 0 aliphatic rings. The Kier molecular flexibility index (Phi) is 4.22. The van der Waals surface area contributed by atoms with E-state index in [1.54, 1.807) is 24.3 Å². The van der Waals surface area contributed by atoms with E-state index in [1.807, 2.05) is 13.0 Å². The van der Waals surface area contributed by atoms with Crippen LogP contribution in [0.2, 0.25) is 0 Å². The third kappa shape index (κ3) is 3.35. The Morgan fingerprint density at radius 3 is 2.68 bits per heavy atom. The van der Waals surface area contributed by atoms with E-state index in [4.69, 9.17) is 5.11 Å². The molecule has 2 rings (SSSR count). The molecular weight excluding hydrogens is 263 g/mol. The van der Waals surface area contributed by atoms with Gasteiger partial charge in [-0.3, -0.25) is 0 Å². The first-order valence-corrected chi connectivity index (χ1v) is 6.76. The van der Waals surface area contributed by atoms with Gasteiger partial charge in [-0.1, -0.05) is 18.2 Å². The van der Waals surface area contributed by atoms with Crippen LogP contribution < -0.4 is 0 Å². The summed E-state index contributed by atoms with van der Waals surface area (Å²) < 4.78 is 13.0. The van der Waals surface area contributed by atoms with E-state index >= 15 is 0 Å². The molecule has 0 aromatic heterocycles. The molecule has 19 heavy (non-hydrogen) atoms. The van der Waals surface area contributed by atoms with Crippen LogP contribution in [0.3, 0.4) is 0 Å². The van der Waals surface area contributed by atoms with E-state index in [0.717, 1.165) is 16.0 Å². The van der Waals surface area contributed by atoms with Crippen LogP contribution in [-0.2, 0) is 5.75 Å². The predicted octanol–water partition coefficient (Wildman–Crippen LogP) is 4.12. The van der Waals surface area contributed by atoms with Crippen LogP contribution >= 0.6 is 11.8 Å². The molecule has 2 aromatic carbocycles. The number of hydrogen-bond donors (Lipinski definition) is 1. The maximum Gasteiger partial charge on any atom is 0.336 e. The Balaban J connectivity index is 2.17. The summed E-state index contributed by atoms with van der Waals surface area (Å²) in [5, 5.41) is 9.09. The minimum Gasteiger partial charge on any atom is -0.478 e. The van der Waals surface area contributed by atoms with E-state index in [1.165, 1.54) is 23.9 Å². The van der Waals surface area contributed by atoms with E-state index in [9.17, 15) is 9.18 Å². The van der Waals surface area contributed by atoms with Crippen molar-refractivity contribution in [1.82, 2.24) is 0 Å². The van der Waals surface area contributed by atoms with Crippen molar-refractivity contribution >= 4 is 17.7 Å². The SMILES string of the molecule is Cc1cc(F)ccc1CSc1ccccc1C(=O)O. The molecule has 2 nitrogen and oxygen atoms in total. The third-order valence-electron chi connectivity index (χ3n) is 2.81. The van der Waals surface area contributed by atoms with Crippen molar-refractivity contribution in [2.45, 2.75) is 17.6 Å². The maximum atomic E-state index is 13.0. The Bertz CT molecular complexity index is 611. The molecule has 0 bridgehead atoms. The van der Waals surface area contributed by atoms with Crippen LogP contribution in [0.1, 0.15) is 21.5 Å². The van der Waals surface area contributed by atoms with Crippen LogP contribution in [0.4, 0.5) is 4.39 Å². The number of aromatic carboxylic acids is 1. The fraction of sp³-hybridized carbons (Fsp3) is 0.133. The zero-order chi connectivity index (χ0) is 13.8. The van der Waals surface area contributed by atoms with Gasteiger partial charge in [0, 0.05) is 10.6 Å². The lowest BCUT2D eigenvalue weighted by Gasteiger charge is -2.08. The highest BCUT2D eigenvalue weighted by atomic mass is 32.2. The lowest BCUT2D eigenvalue weighted by molar-refractivity contribution is 0.0693. The molecule has 0 unspecified atom stereocenters. The number of carboxylic acid groups (broad SMARTS) is 1. The second kappa shape index (κ2) is 5.89. The average molecular weight is 276 g/mol. The zero-order valence-corrected chi connectivity index (χ0v) is 11.2. The van der Waals surface area contributed by atoms with Crippen molar-refractivity contribution in [3.8, 4) is 0 Å². The molecule has 2 aromatic rings. The monoisotopic (exact) mass is 276 g/mol. The fourth-order valence-corrected chi connectivity index (χ4v) is 2.87. The van der Waals surface area contributed by atoms with Gasteiger partial charge in [0.05, 0.1) is 5.56 Å². The minimum absolute atomic E-state index is 0.253. The maximum absolute atomic E-state index is 13.0. The Labute approximate surface area is 115 Å². The van der Waals surface area contributed by atoms with Gasteiger partial charge in [0.15, 0.2) is 0 Å². The van der Waals surface area contributed by atoms with Crippen molar-refractivity contribution in [1.29, 1.82) is 0 Å². The molecule has 0 saturated heterocycles. The van der Waals surface area contributed by atoms with E-state index in [2.05, 4.69) is 0 Å². The lowest BCUT2D eigenvalue weighted by atomic mass is 10.1. The highest BCUT2D eigenvalue weighted by Crippen LogP contribution is 2.27. The molecule has 0 spiro atoms. The number of hydrogen-bond acceptors (Lipinski definition) is 2. The normalized spacial score (nSPS) is 10.4. The van der Waals surface area contributed by atoms with Crippen molar-refractivity contribution in [2.75, 3.05) is 0 Å². The Hall–Kier alpha value is -1.81. The first-order valence-electron chi connectivity index (χ1n) is 5.78. The minimum atomic E-state index is -0.932. The van der Waals surface area contributed by atoms with Crippen molar-refractivity contribution in [3.63, 3.8) is 0 Å². The van der Waals surface area contributed by atoms with Crippen molar-refractivity contribution in [2.24, 2.45) is 0 Å². The molecule has 0 amide bonds. The van der Waals surface area contributed by atoms with Crippen LogP contribution in [-0.4, -0.2) is 11.1 Å². The van der Waals surface area contributed by atoms with E-state index < -0.39 is 5.97 Å². The summed E-state index contributed by atoms with van der Waals surface area (Å²) >= 11 is 1.45. The first kappa shape index (κ1) is 13.6. The van der Waals surface area contributed by atoms with Gasteiger partial charge in [-0.15, -0.1) is 11.8 Å². The third-order valence-corrected chi connectivity index (χ3v) is 3.93. The Morgan fingerprint density at radius 1 is 1.26 bits per heavy atom. The van der Waals surface area contributed by atoms with Crippen molar-refractivity contribution in [3.05, 3.63) is 65.0 Å². The predicted molar refractivity (Wildman–Crippen MR) is 74.1 cm³/mol. The summed E-state index contributed by atoms with van der Waals surface area (Å²) in [7, 11) is 0. The first-order chi connectivity index (χ1) is 9.08. The van der Waals surface area contributed by atoms with E-state index in [-0.39, 0.29) is 5.82 Å². The molecule has 0 saturated carbocycles. The highest BCUT2D eigenvalue weighted by Gasteiger charge is 2.10.